The lowest BCUT2D eigenvalue weighted by Gasteiger charge is -2.37. The summed E-state index contributed by atoms with van der Waals surface area (Å²) < 4.78 is 22.4. The summed E-state index contributed by atoms with van der Waals surface area (Å²) in [6, 6.07) is 0. The Balaban J connectivity index is 2.42. The van der Waals surface area contributed by atoms with Crippen LogP contribution < -0.4 is 10.9 Å². The molecule has 4 N–H and O–H groups in total. The second kappa shape index (κ2) is 4.36. The van der Waals surface area contributed by atoms with Crippen molar-refractivity contribution in [1.29, 1.82) is 0 Å². The van der Waals surface area contributed by atoms with Gasteiger partial charge in [-0.2, -0.15) is 12.7 Å². The number of amides is 2. The Bertz CT molecular complexity index is 401. The molecule has 0 saturated carbocycles. The van der Waals surface area contributed by atoms with Crippen LogP contribution in [0.15, 0.2) is 0 Å². The summed E-state index contributed by atoms with van der Waals surface area (Å²) in [5.41, 5.74) is 5.03. The van der Waals surface area contributed by atoms with Crippen LogP contribution in [-0.4, -0.2) is 56.1 Å². The Labute approximate surface area is 93.3 Å². The molecule has 0 spiro atoms. The first-order valence-corrected chi connectivity index (χ1v) is 6.03. The topological polar surface area (TPSA) is 127 Å². The van der Waals surface area contributed by atoms with Crippen LogP contribution >= 0.6 is 0 Å². The molecular formula is C7H14N4O4S. The number of primary amides is 1. The lowest BCUT2D eigenvalue weighted by Crippen LogP contribution is -2.57. The fraction of sp³-hybridized carbons (Fsp3) is 0.714. The molecular weight excluding hydrogens is 236 g/mol. The van der Waals surface area contributed by atoms with Gasteiger partial charge in [-0.05, 0) is 0 Å². The molecule has 0 atom stereocenters. The predicted octanol–water partition coefficient (Wildman–Crippen LogP) is -2.93. The second-order valence-corrected chi connectivity index (χ2v) is 5.35. The van der Waals surface area contributed by atoms with Crippen molar-refractivity contribution in [3.8, 4) is 0 Å². The van der Waals surface area contributed by atoms with E-state index in [1.807, 2.05) is 0 Å². The number of likely N-dealkylation sites (N-methyl/N-ethyl adjacent to an activating group) is 1. The van der Waals surface area contributed by atoms with E-state index in [-0.39, 0.29) is 25.6 Å². The van der Waals surface area contributed by atoms with Crippen molar-refractivity contribution in [2.75, 3.05) is 26.7 Å². The molecule has 0 unspecified atom stereocenters. The number of nitrogens with two attached hydrogens (primary N) is 2. The molecule has 1 rings (SSSR count). The molecule has 0 aliphatic carbocycles. The highest BCUT2D eigenvalue weighted by Crippen LogP contribution is 2.15. The van der Waals surface area contributed by atoms with Crippen molar-refractivity contribution in [3.63, 3.8) is 0 Å². The zero-order valence-corrected chi connectivity index (χ0v) is 9.61. The van der Waals surface area contributed by atoms with Crippen LogP contribution in [0.4, 0.5) is 0 Å². The van der Waals surface area contributed by atoms with E-state index in [0.717, 1.165) is 4.31 Å². The van der Waals surface area contributed by atoms with Crippen molar-refractivity contribution in [1.82, 2.24) is 9.21 Å². The van der Waals surface area contributed by atoms with Crippen molar-refractivity contribution in [3.05, 3.63) is 0 Å². The minimum atomic E-state index is -3.85. The summed E-state index contributed by atoms with van der Waals surface area (Å²) in [5, 5.41) is 4.82. The Morgan fingerprint density at radius 3 is 2.31 bits per heavy atom. The molecule has 1 aliphatic heterocycles. The molecule has 8 nitrogen and oxygen atoms in total. The summed E-state index contributed by atoms with van der Waals surface area (Å²) in [4.78, 5) is 23.5. The highest BCUT2D eigenvalue weighted by Gasteiger charge is 2.35. The molecule has 1 fully saturated rings. The van der Waals surface area contributed by atoms with E-state index in [4.69, 9.17) is 10.9 Å². The molecule has 16 heavy (non-hydrogen) atoms. The lowest BCUT2D eigenvalue weighted by molar-refractivity contribution is -0.141. The molecule has 0 bridgehead atoms. The third-order valence-corrected chi connectivity index (χ3v) is 3.43. The number of hydrogen-bond acceptors (Lipinski definition) is 4. The third kappa shape index (κ3) is 2.90. The van der Waals surface area contributed by atoms with Crippen LogP contribution in [0.3, 0.4) is 0 Å². The summed E-state index contributed by atoms with van der Waals surface area (Å²) in [6.45, 7) is 0.156. The van der Waals surface area contributed by atoms with Crippen LogP contribution in [0.25, 0.3) is 0 Å². The number of likely N-dealkylation sites (tertiary alicyclic amines) is 1. The van der Waals surface area contributed by atoms with Crippen molar-refractivity contribution < 1.29 is 18.0 Å². The fourth-order valence-corrected chi connectivity index (χ4v) is 1.53. The largest absolute Gasteiger partial charge is 0.369 e. The highest BCUT2D eigenvalue weighted by molar-refractivity contribution is 7.86. The van der Waals surface area contributed by atoms with E-state index in [1.54, 1.807) is 0 Å². The van der Waals surface area contributed by atoms with Gasteiger partial charge in [-0.1, -0.05) is 0 Å². The van der Waals surface area contributed by atoms with E-state index >= 15 is 0 Å². The summed E-state index contributed by atoms with van der Waals surface area (Å²) >= 11 is 0. The smallest absolute Gasteiger partial charge is 0.277 e. The van der Waals surface area contributed by atoms with E-state index in [2.05, 4.69) is 0 Å². The highest BCUT2D eigenvalue weighted by atomic mass is 32.2. The van der Waals surface area contributed by atoms with Gasteiger partial charge < -0.3 is 10.6 Å². The molecule has 2 amide bonds. The maximum atomic E-state index is 11.5. The summed E-state index contributed by atoms with van der Waals surface area (Å²) in [7, 11) is -2.64. The van der Waals surface area contributed by atoms with Gasteiger partial charge in [-0.25, -0.2) is 5.14 Å². The van der Waals surface area contributed by atoms with Gasteiger partial charge in [0.05, 0.1) is 12.5 Å². The van der Waals surface area contributed by atoms with Crippen molar-refractivity contribution >= 4 is 22.0 Å². The predicted molar refractivity (Wildman–Crippen MR) is 55.0 cm³/mol. The first kappa shape index (κ1) is 12.9. The maximum Gasteiger partial charge on any atom is 0.277 e. The quantitative estimate of drug-likeness (QED) is 0.553. The number of carbonyl (C=O) groups excluding carboxylic acids is 2. The molecule has 0 aromatic heterocycles. The first-order valence-electron chi connectivity index (χ1n) is 4.53. The molecule has 0 radical (unpaired) electrons. The van der Waals surface area contributed by atoms with Gasteiger partial charge >= 0.3 is 0 Å². The van der Waals surface area contributed by atoms with E-state index in [1.165, 1.54) is 11.9 Å². The van der Waals surface area contributed by atoms with Gasteiger partial charge in [0.2, 0.25) is 11.8 Å². The standard InChI is InChI=1S/C7H14N4O4S/c1-10(16(9,14)15)4-6(12)11-2-5(3-11)7(8)13/h5H,2-4H2,1H3,(H2,8,13)(H2,9,14,15). The van der Waals surface area contributed by atoms with Crippen LogP contribution in [0, 0.1) is 5.92 Å². The summed E-state index contributed by atoms with van der Waals surface area (Å²) in [6.07, 6.45) is 0. The molecule has 0 aromatic rings. The Morgan fingerprint density at radius 1 is 1.44 bits per heavy atom. The van der Waals surface area contributed by atoms with E-state index in [9.17, 15) is 18.0 Å². The average molecular weight is 250 g/mol. The minimum Gasteiger partial charge on any atom is -0.369 e. The van der Waals surface area contributed by atoms with Gasteiger partial charge in [0.15, 0.2) is 0 Å². The van der Waals surface area contributed by atoms with Crippen LogP contribution in [0.1, 0.15) is 0 Å². The fourth-order valence-electron chi connectivity index (χ4n) is 1.24. The maximum absolute atomic E-state index is 11.5. The Morgan fingerprint density at radius 2 is 1.94 bits per heavy atom. The Kier molecular flexibility index (Phi) is 3.51. The van der Waals surface area contributed by atoms with Gasteiger partial charge in [0.1, 0.15) is 0 Å². The van der Waals surface area contributed by atoms with Crippen LogP contribution in [0.5, 0.6) is 0 Å². The van der Waals surface area contributed by atoms with Crippen LogP contribution in [-0.2, 0) is 19.8 Å². The Hall–Kier alpha value is -1.19. The number of rotatable bonds is 4. The molecule has 1 heterocycles. The van der Waals surface area contributed by atoms with E-state index < -0.39 is 22.0 Å². The van der Waals surface area contributed by atoms with Crippen molar-refractivity contribution in [2.45, 2.75) is 0 Å². The summed E-state index contributed by atoms with van der Waals surface area (Å²) in [5.74, 6) is -1.18. The monoisotopic (exact) mass is 250 g/mol. The molecule has 1 aliphatic rings. The van der Waals surface area contributed by atoms with Crippen molar-refractivity contribution in [2.24, 2.45) is 16.8 Å². The molecule has 9 heteroatoms. The van der Waals surface area contributed by atoms with Gasteiger partial charge in [-0.15, -0.1) is 0 Å². The minimum absolute atomic E-state index is 0.243. The molecule has 1 saturated heterocycles. The first-order chi connectivity index (χ1) is 7.21. The van der Waals surface area contributed by atoms with E-state index in [0.29, 0.717) is 0 Å². The lowest BCUT2D eigenvalue weighted by atomic mass is 10.00. The van der Waals surface area contributed by atoms with Gasteiger partial charge in [0, 0.05) is 20.1 Å². The zero-order valence-electron chi connectivity index (χ0n) is 8.79. The zero-order chi connectivity index (χ0) is 12.5. The number of hydrogen-bond donors (Lipinski definition) is 2. The second-order valence-electron chi connectivity index (χ2n) is 3.70. The molecule has 0 aromatic carbocycles. The van der Waals surface area contributed by atoms with Gasteiger partial charge in [0.25, 0.3) is 10.2 Å². The molecule has 92 valence electrons. The van der Waals surface area contributed by atoms with Crippen LogP contribution in [0.2, 0.25) is 0 Å². The number of nitrogens with zero attached hydrogens (tertiary/aromatic N) is 2. The SMILES string of the molecule is CN(CC(=O)N1CC(C(N)=O)C1)S(N)(=O)=O. The average Bonchev–Trinajstić information content (AvgIpc) is 1.97. The normalized spacial score (nSPS) is 17.3. The van der Waals surface area contributed by atoms with Gasteiger partial charge in [-0.3, -0.25) is 9.59 Å². The third-order valence-electron chi connectivity index (χ3n) is 2.43. The number of carbonyl (C=O) groups is 2.